The average molecular weight is 368 g/mol. The highest BCUT2D eigenvalue weighted by Crippen LogP contribution is 2.19. The van der Waals surface area contributed by atoms with Crippen LogP contribution in [0.25, 0.3) is 0 Å². The van der Waals surface area contributed by atoms with Gasteiger partial charge in [-0.2, -0.15) is 11.8 Å². The summed E-state index contributed by atoms with van der Waals surface area (Å²) in [4.78, 5) is 14.4. The summed E-state index contributed by atoms with van der Waals surface area (Å²) in [7, 11) is 0. The van der Waals surface area contributed by atoms with Crippen molar-refractivity contribution in [2.24, 2.45) is 0 Å². The fraction of sp³-hybridized carbons (Fsp3) is 0.650. The molecule has 0 aliphatic carbocycles. The van der Waals surface area contributed by atoms with E-state index in [4.69, 9.17) is 4.74 Å². The largest absolute Gasteiger partial charge is 0.444 e. The van der Waals surface area contributed by atoms with E-state index in [-0.39, 0.29) is 18.1 Å². The molecule has 0 radical (unpaired) electrons. The molecular weight excluding hydrogens is 334 g/mol. The Balaban J connectivity index is 2.62. The van der Waals surface area contributed by atoms with E-state index in [2.05, 4.69) is 19.1 Å². The molecular formula is C20H33NO3S. The lowest BCUT2D eigenvalue weighted by Crippen LogP contribution is -2.39. The Labute approximate surface area is 156 Å². The van der Waals surface area contributed by atoms with Gasteiger partial charge >= 0.3 is 6.09 Å². The number of ether oxygens (including phenoxy) is 1. The molecule has 0 heterocycles. The topological polar surface area (TPSA) is 49.8 Å². The molecule has 2 atom stereocenters. The SMILES string of the molecule is C[C@H](O)CSCCCN(C[C@@H](C)c1ccccc1)C(=O)OC(C)(C)C. The Hall–Kier alpha value is -1.20. The lowest BCUT2D eigenvalue weighted by atomic mass is 10.0. The van der Waals surface area contributed by atoms with Crippen LogP contribution >= 0.6 is 11.8 Å². The third kappa shape index (κ3) is 9.75. The Morgan fingerprint density at radius 2 is 1.88 bits per heavy atom. The fourth-order valence-corrected chi connectivity index (χ4v) is 3.25. The summed E-state index contributed by atoms with van der Waals surface area (Å²) in [5.41, 5.74) is 0.728. The van der Waals surface area contributed by atoms with Crippen LogP contribution < -0.4 is 0 Å². The predicted octanol–water partition coefficient (Wildman–Crippen LogP) is 4.53. The molecule has 1 rings (SSSR count). The molecule has 5 heteroatoms. The van der Waals surface area contributed by atoms with Crippen LogP contribution in [0.4, 0.5) is 4.79 Å². The third-order valence-corrected chi connectivity index (χ3v) is 4.89. The first-order valence-corrected chi connectivity index (χ1v) is 10.1. The van der Waals surface area contributed by atoms with Crippen LogP contribution in [-0.4, -0.2) is 52.4 Å². The van der Waals surface area contributed by atoms with Crippen LogP contribution in [0.5, 0.6) is 0 Å². The summed E-state index contributed by atoms with van der Waals surface area (Å²) in [5.74, 6) is 1.90. The van der Waals surface area contributed by atoms with Crippen LogP contribution in [-0.2, 0) is 4.74 Å². The summed E-state index contributed by atoms with van der Waals surface area (Å²) in [6.07, 6.45) is 0.346. The number of thioether (sulfide) groups is 1. The lowest BCUT2D eigenvalue weighted by molar-refractivity contribution is 0.0241. The van der Waals surface area contributed by atoms with Gasteiger partial charge in [-0.25, -0.2) is 4.79 Å². The predicted molar refractivity (Wildman–Crippen MR) is 106 cm³/mol. The normalized spacial score (nSPS) is 14.0. The van der Waals surface area contributed by atoms with Crippen LogP contribution in [0.3, 0.4) is 0 Å². The monoisotopic (exact) mass is 367 g/mol. The van der Waals surface area contributed by atoms with Crippen LogP contribution in [0.1, 0.15) is 52.5 Å². The Morgan fingerprint density at radius 3 is 2.44 bits per heavy atom. The van der Waals surface area contributed by atoms with Gasteiger partial charge in [0.1, 0.15) is 5.60 Å². The molecule has 0 saturated carbocycles. The molecule has 1 aromatic rings. The van der Waals surface area contributed by atoms with Crippen molar-refractivity contribution in [3.05, 3.63) is 35.9 Å². The summed E-state index contributed by atoms with van der Waals surface area (Å²) >= 11 is 1.71. The van der Waals surface area contributed by atoms with Crippen LogP contribution in [0, 0.1) is 0 Å². The minimum atomic E-state index is -0.494. The first-order chi connectivity index (χ1) is 11.7. The summed E-state index contributed by atoms with van der Waals surface area (Å²) in [5, 5.41) is 9.32. The van der Waals surface area contributed by atoms with Crippen LogP contribution in [0.15, 0.2) is 30.3 Å². The van der Waals surface area contributed by atoms with Crippen molar-refractivity contribution < 1.29 is 14.6 Å². The second-order valence-electron chi connectivity index (χ2n) is 7.52. The number of aliphatic hydroxyl groups excluding tert-OH is 1. The minimum Gasteiger partial charge on any atom is -0.444 e. The lowest BCUT2D eigenvalue weighted by Gasteiger charge is -2.29. The van der Waals surface area contributed by atoms with Crippen molar-refractivity contribution in [3.8, 4) is 0 Å². The highest BCUT2D eigenvalue weighted by atomic mass is 32.2. The van der Waals surface area contributed by atoms with Gasteiger partial charge in [0.25, 0.3) is 0 Å². The van der Waals surface area contributed by atoms with Crippen molar-refractivity contribution in [3.63, 3.8) is 0 Å². The second kappa shape index (κ2) is 10.7. The van der Waals surface area contributed by atoms with Gasteiger partial charge in [0.15, 0.2) is 0 Å². The maximum absolute atomic E-state index is 12.6. The van der Waals surface area contributed by atoms with E-state index in [1.807, 2.05) is 43.9 Å². The zero-order valence-electron chi connectivity index (χ0n) is 16.2. The molecule has 0 aliphatic rings. The number of amides is 1. The van der Waals surface area contributed by atoms with Gasteiger partial charge in [-0.05, 0) is 51.3 Å². The fourth-order valence-electron chi connectivity index (χ4n) is 2.41. The molecule has 0 fully saturated rings. The highest BCUT2D eigenvalue weighted by Gasteiger charge is 2.23. The average Bonchev–Trinajstić information content (AvgIpc) is 2.52. The number of benzene rings is 1. The Bertz CT molecular complexity index is 499. The molecule has 25 heavy (non-hydrogen) atoms. The number of carbonyl (C=O) groups excluding carboxylic acids is 1. The molecule has 0 bridgehead atoms. The maximum Gasteiger partial charge on any atom is 0.410 e. The van der Waals surface area contributed by atoms with Crippen LogP contribution in [0.2, 0.25) is 0 Å². The molecule has 0 aromatic heterocycles. The van der Waals surface area contributed by atoms with E-state index in [9.17, 15) is 9.90 Å². The molecule has 0 aliphatic heterocycles. The van der Waals surface area contributed by atoms with Gasteiger partial charge in [-0.3, -0.25) is 0 Å². The zero-order valence-corrected chi connectivity index (χ0v) is 17.0. The van der Waals surface area contributed by atoms with E-state index in [0.29, 0.717) is 13.1 Å². The second-order valence-corrected chi connectivity index (χ2v) is 8.67. The molecule has 142 valence electrons. The van der Waals surface area contributed by atoms with Crippen molar-refractivity contribution in [2.45, 2.75) is 58.7 Å². The minimum absolute atomic E-state index is 0.249. The van der Waals surface area contributed by atoms with E-state index in [1.165, 1.54) is 5.56 Å². The molecule has 1 N–H and O–H groups in total. The number of hydrogen-bond donors (Lipinski definition) is 1. The van der Waals surface area contributed by atoms with Crippen molar-refractivity contribution >= 4 is 17.9 Å². The first-order valence-electron chi connectivity index (χ1n) is 8.97. The highest BCUT2D eigenvalue weighted by molar-refractivity contribution is 7.99. The smallest absolute Gasteiger partial charge is 0.410 e. The van der Waals surface area contributed by atoms with Gasteiger partial charge in [0, 0.05) is 18.8 Å². The molecule has 1 amide bonds. The van der Waals surface area contributed by atoms with E-state index < -0.39 is 5.60 Å². The van der Waals surface area contributed by atoms with Gasteiger partial charge in [0.2, 0.25) is 0 Å². The molecule has 0 spiro atoms. The number of carbonyl (C=O) groups is 1. The number of aliphatic hydroxyl groups is 1. The number of hydrogen-bond acceptors (Lipinski definition) is 4. The molecule has 1 aromatic carbocycles. The van der Waals surface area contributed by atoms with Crippen molar-refractivity contribution in [1.82, 2.24) is 4.90 Å². The third-order valence-electron chi connectivity index (χ3n) is 3.59. The van der Waals surface area contributed by atoms with Crippen molar-refractivity contribution in [1.29, 1.82) is 0 Å². The molecule has 4 nitrogen and oxygen atoms in total. The van der Waals surface area contributed by atoms with E-state index in [1.54, 1.807) is 18.7 Å². The standard InChI is InChI=1S/C20H33NO3S/c1-16(18-10-7-6-8-11-18)14-21(19(23)24-20(3,4)5)12-9-13-25-15-17(2)22/h6-8,10-11,16-17,22H,9,12-15H2,1-5H3/t16-,17+/m1/s1. The van der Waals surface area contributed by atoms with Gasteiger partial charge in [-0.15, -0.1) is 0 Å². The summed E-state index contributed by atoms with van der Waals surface area (Å²) < 4.78 is 5.57. The summed E-state index contributed by atoms with van der Waals surface area (Å²) in [6, 6.07) is 10.2. The molecule has 0 unspecified atom stereocenters. The van der Waals surface area contributed by atoms with Crippen molar-refractivity contribution in [2.75, 3.05) is 24.6 Å². The van der Waals surface area contributed by atoms with E-state index in [0.717, 1.165) is 17.9 Å². The van der Waals surface area contributed by atoms with Gasteiger partial charge < -0.3 is 14.7 Å². The van der Waals surface area contributed by atoms with Gasteiger partial charge in [0.05, 0.1) is 6.10 Å². The maximum atomic E-state index is 12.6. The Morgan fingerprint density at radius 1 is 1.24 bits per heavy atom. The van der Waals surface area contributed by atoms with Gasteiger partial charge in [-0.1, -0.05) is 37.3 Å². The van der Waals surface area contributed by atoms with E-state index >= 15 is 0 Å². The number of rotatable bonds is 9. The first kappa shape index (κ1) is 21.8. The molecule has 0 saturated heterocycles. The Kier molecular flexibility index (Phi) is 9.36. The number of nitrogens with zero attached hydrogens (tertiary/aromatic N) is 1. The zero-order chi connectivity index (χ0) is 18.9. The summed E-state index contributed by atoms with van der Waals surface area (Å²) in [6.45, 7) is 10.9. The quantitative estimate of drug-likeness (QED) is 0.652.